The standard InChI is InChI=1S/C8H16N2O3/c1-10(2)7(11)5-4-6(9)8(12)13-3/h6H,4-5,9H2,1-3H3/t6-/m1/s1. The first-order valence-electron chi connectivity index (χ1n) is 4.02. The summed E-state index contributed by atoms with van der Waals surface area (Å²) in [6.45, 7) is 0. The SMILES string of the molecule is COC(=O)[C@H](N)CCC(=O)N(C)C. The van der Waals surface area contributed by atoms with Crippen LogP contribution in [-0.4, -0.2) is 44.0 Å². The molecule has 2 N–H and O–H groups in total. The van der Waals surface area contributed by atoms with E-state index in [-0.39, 0.29) is 12.3 Å². The Kier molecular flexibility index (Phi) is 5.06. The highest BCUT2D eigenvalue weighted by Gasteiger charge is 2.15. The molecule has 0 heterocycles. The van der Waals surface area contributed by atoms with Gasteiger partial charge in [0.2, 0.25) is 5.91 Å². The van der Waals surface area contributed by atoms with Gasteiger partial charge in [-0.15, -0.1) is 0 Å². The molecule has 5 heteroatoms. The Hall–Kier alpha value is -1.10. The zero-order valence-electron chi connectivity index (χ0n) is 8.24. The van der Waals surface area contributed by atoms with Crippen molar-refractivity contribution >= 4 is 11.9 Å². The summed E-state index contributed by atoms with van der Waals surface area (Å²) >= 11 is 0. The molecule has 0 rings (SSSR count). The quantitative estimate of drug-likeness (QED) is 0.595. The summed E-state index contributed by atoms with van der Waals surface area (Å²) in [7, 11) is 4.59. The van der Waals surface area contributed by atoms with E-state index in [0.29, 0.717) is 6.42 Å². The van der Waals surface area contributed by atoms with Gasteiger partial charge in [0.25, 0.3) is 0 Å². The lowest BCUT2D eigenvalue weighted by Crippen LogP contribution is -2.33. The van der Waals surface area contributed by atoms with E-state index in [2.05, 4.69) is 4.74 Å². The molecule has 0 aromatic heterocycles. The fourth-order valence-electron chi connectivity index (χ4n) is 0.772. The lowest BCUT2D eigenvalue weighted by Gasteiger charge is -2.12. The Morgan fingerprint density at radius 2 is 2.00 bits per heavy atom. The van der Waals surface area contributed by atoms with Crippen molar-refractivity contribution in [2.24, 2.45) is 5.73 Å². The summed E-state index contributed by atoms with van der Waals surface area (Å²) in [5, 5.41) is 0. The van der Waals surface area contributed by atoms with Crippen LogP contribution in [0.2, 0.25) is 0 Å². The Morgan fingerprint density at radius 1 is 1.46 bits per heavy atom. The van der Waals surface area contributed by atoms with Crippen molar-refractivity contribution in [1.82, 2.24) is 4.90 Å². The van der Waals surface area contributed by atoms with Crippen LogP contribution in [0.4, 0.5) is 0 Å². The van der Waals surface area contributed by atoms with Gasteiger partial charge in [0.1, 0.15) is 6.04 Å². The third kappa shape index (κ3) is 4.47. The summed E-state index contributed by atoms with van der Waals surface area (Å²) in [4.78, 5) is 23.4. The van der Waals surface area contributed by atoms with Crippen molar-refractivity contribution in [3.05, 3.63) is 0 Å². The molecule has 0 aromatic rings. The molecule has 0 radical (unpaired) electrons. The largest absolute Gasteiger partial charge is 0.468 e. The summed E-state index contributed by atoms with van der Waals surface area (Å²) in [5.74, 6) is -0.522. The number of hydrogen-bond donors (Lipinski definition) is 1. The monoisotopic (exact) mass is 188 g/mol. The van der Waals surface area contributed by atoms with Crippen LogP contribution in [0, 0.1) is 0 Å². The first-order valence-corrected chi connectivity index (χ1v) is 4.02. The highest BCUT2D eigenvalue weighted by atomic mass is 16.5. The van der Waals surface area contributed by atoms with Crippen LogP contribution in [0.5, 0.6) is 0 Å². The van der Waals surface area contributed by atoms with Gasteiger partial charge in [0.05, 0.1) is 7.11 Å². The summed E-state index contributed by atoms with van der Waals surface area (Å²) in [6, 6.07) is -0.700. The minimum absolute atomic E-state index is 0.0423. The van der Waals surface area contributed by atoms with Crippen LogP contribution in [0.1, 0.15) is 12.8 Å². The Bertz CT molecular complexity index is 192. The van der Waals surface area contributed by atoms with E-state index in [4.69, 9.17) is 5.73 Å². The summed E-state index contributed by atoms with van der Waals surface area (Å²) in [5.41, 5.74) is 5.43. The van der Waals surface area contributed by atoms with Crippen LogP contribution in [0.15, 0.2) is 0 Å². The number of methoxy groups -OCH3 is 1. The normalized spacial score (nSPS) is 12.0. The van der Waals surface area contributed by atoms with Gasteiger partial charge in [0, 0.05) is 20.5 Å². The van der Waals surface area contributed by atoms with E-state index in [9.17, 15) is 9.59 Å². The van der Waals surface area contributed by atoms with Gasteiger partial charge in [-0.1, -0.05) is 0 Å². The van der Waals surface area contributed by atoms with Crippen molar-refractivity contribution in [3.8, 4) is 0 Å². The summed E-state index contributed by atoms with van der Waals surface area (Å²) in [6.07, 6.45) is 0.590. The molecule has 0 unspecified atom stereocenters. The number of nitrogens with two attached hydrogens (primary N) is 1. The molecule has 5 nitrogen and oxygen atoms in total. The second-order valence-electron chi connectivity index (χ2n) is 2.96. The number of esters is 1. The molecule has 0 aliphatic heterocycles. The molecule has 0 aliphatic rings. The Labute approximate surface area is 77.8 Å². The third-order valence-corrected chi connectivity index (χ3v) is 1.67. The van der Waals surface area contributed by atoms with Crippen molar-refractivity contribution in [1.29, 1.82) is 0 Å². The highest BCUT2D eigenvalue weighted by Crippen LogP contribution is 1.98. The van der Waals surface area contributed by atoms with E-state index in [0.717, 1.165) is 0 Å². The van der Waals surface area contributed by atoms with E-state index >= 15 is 0 Å². The molecule has 0 spiro atoms. The number of amides is 1. The van der Waals surface area contributed by atoms with E-state index in [1.807, 2.05) is 0 Å². The number of nitrogens with zero attached hydrogens (tertiary/aromatic N) is 1. The van der Waals surface area contributed by atoms with Crippen molar-refractivity contribution in [3.63, 3.8) is 0 Å². The molecule has 0 saturated carbocycles. The predicted octanol–water partition coefficient (Wildman–Crippen LogP) is -0.645. The first kappa shape index (κ1) is 11.9. The van der Waals surface area contributed by atoms with Gasteiger partial charge in [-0.25, -0.2) is 0 Å². The van der Waals surface area contributed by atoms with Crippen LogP contribution >= 0.6 is 0 Å². The zero-order chi connectivity index (χ0) is 10.4. The molecule has 0 fully saturated rings. The van der Waals surface area contributed by atoms with Crippen LogP contribution in [-0.2, 0) is 14.3 Å². The molecule has 0 bridgehead atoms. The maximum atomic E-state index is 11.1. The molecule has 1 atom stereocenters. The average molecular weight is 188 g/mol. The number of rotatable bonds is 4. The van der Waals surface area contributed by atoms with E-state index in [1.54, 1.807) is 14.1 Å². The fraction of sp³-hybridized carbons (Fsp3) is 0.750. The minimum atomic E-state index is -0.700. The van der Waals surface area contributed by atoms with Gasteiger partial charge in [-0.3, -0.25) is 9.59 Å². The molecule has 13 heavy (non-hydrogen) atoms. The number of ether oxygens (including phenoxy) is 1. The third-order valence-electron chi connectivity index (χ3n) is 1.67. The smallest absolute Gasteiger partial charge is 0.322 e. The number of carbonyl (C=O) groups is 2. The van der Waals surface area contributed by atoms with E-state index < -0.39 is 12.0 Å². The molecule has 0 saturated heterocycles. The lowest BCUT2D eigenvalue weighted by molar-refractivity contribution is -0.142. The number of hydrogen-bond acceptors (Lipinski definition) is 4. The first-order chi connectivity index (χ1) is 5.99. The number of carbonyl (C=O) groups excluding carboxylic acids is 2. The van der Waals surface area contributed by atoms with Crippen molar-refractivity contribution in [2.45, 2.75) is 18.9 Å². The van der Waals surface area contributed by atoms with Gasteiger partial charge < -0.3 is 15.4 Å². The molecular formula is C8H16N2O3. The van der Waals surface area contributed by atoms with Gasteiger partial charge in [-0.05, 0) is 6.42 Å². The highest BCUT2D eigenvalue weighted by molar-refractivity contribution is 5.78. The molecule has 76 valence electrons. The van der Waals surface area contributed by atoms with Gasteiger partial charge >= 0.3 is 5.97 Å². The maximum absolute atomic E-state index is 11.1. The van der Waals surface area contributed by atoms with Gasteiger partial charge in [0.15, 0.2) is 0 Å². The van der Waals surface area contributed by atoms with Crippen molar-refractivity contribution < 1.29 is 14.3 Å². The molecule has 0 aromatic carbocycles. The van der Waals surface area contributed by atoms with Crippen LogP contribution in [0.3, 0.4) is 0 Å². The maximum Gasteiger partial charge on any atom is 0.322 e. The zero-order valence-corrected chi connectivity index (χ0v) is 8.24. The lowest BCUT2D eigenvalue weighted by atomic mass is 10.1. The van der Waals surface area contributed by atoms with Crippen molar-refractivity contribution in [2.75, 3.05) is 21.2 Å². The topological polar surface area (TPSA) is 72.6 Å². The summed E-state index contributed by atoms with van der Waals surface area (Å²) < 4.78 is 4.42. The second kappa shape index (κ2) is 5.53. The molecule has 1 amide bonds. The predicted molar refractivity (Wildman–Crippen MR) is 47.9 cm³/mol. The molecule has 0 aliphatic carbocycles. The van der Waals surface area contributed by atoms with Crippen LogP contribution < -0.4 is 5.73 Å². The fourth-order valence-corrected chi connectivity index (χ4v) is 0.772. The average Bonchev–Trinajstić information content (AvgIpc) is 2.11. The van der Waals surface area contributed by atoms with Gasteiger partial charge in [-0.2, -0.15) is 0 Å². The van der Waals surface area contributed by atoms with E-state index in [1.165, 1.54) is 12.0 Å². The minimum Gasteiger partial charge on any atom is -0.468 e. The molecular weight excluding hydrogens is 172 g/mol. The Balaban J connectivity index is 3.76. The second-order valence-corrected chi connectivity index (χ2v) is 2.96. The Morgan fingerprint density at radius 3 is 2.38 bits per heavy atom. The van der Waals surface area contributed by atoms with Crippen LogP contribution in [0.25, 0.3) is 0 Å².